The van der Waals surface area contributed by atoms with Crippen LogP contribution in [0.1, 0.15) is 37.3 Å². The van der Waals surface area contributed by atoms with Gasteiger partial charge in [0.2, 0.25) is 11.8 Å². The molecule has 1 N–H and O–H groups in total. The van der Waals surface area contributed by atoms with Crippen molar-refractivity contribution in [3.63, 3.8) is 0 Å². The predicted molar refractivity (Wildman–Crippen MR) is 125 cm³/mol. The number of aromatic nitrogens is 1. The molecular weight excluding hydrogens is 406 g/mol. The van der Waals surface area contributed by atoms with Gasteiger partial charge in [0.25, 0.3) is 0 Å². The Hall–Kier alpha value is -2.60. The zero-order valence-corrected chi connectivity index (χ0v) is 18.5. The van der Waals surface area contributed by atoms with Crippen LogP contribution >= 0.6 is 11.8 Å². The third kappa shape index (κ3) is 4.26. The molecule has 4 heterocycles. The zero-order valence-electron chi connectivity index (χ0n) is 17.7. The molecule has 3 unspecified atom stereocenters. The summed E-state index contributed by atoms with van der Waals surface area (Å²) in [7, 11) is 0. The molecule has 0 aromatic carbocycles. The lowest BCUT2D eigenvalue weighted by Crippen LogP contribution is -2.27. The topological polar surface area (TPSA) is 62.3 Å². The minimum Gasteiger partial charge on any atom is -0.338 e. The van der Waals surface area contributed by atoms with E-state index >= 15 is 0 Å². The standard InChI is InChI=1S/C25H27N3O2S/c1-16-4-2-3-9-31-24(16)19-11-20-14-28(15-21(20)12-19)23(30)8-5-17-10-18-6-7-22(29)27-25(18)26-13-17/h3-5,8-11,13,20-21,24H,2,6-7,12,14-15H2,1H3,(H,26,27,29)/b8-5+. The summed E-state index contributed by atoms with van der Waals surface area (Å²) in [5, 5.41) is 5.49. The molecule has 1 saturated heterocycles. The van der Waals surface area contributed by atoms with Crippen molar-refractivity contribution in [3.8, 4) is 0 Å². The molecule has 0 bridgehead atoms. The highest BCUT2D eigenvalue weighted by Gasteiger charge is 2.39. The van der Waals surface area contributed by atoms with Crippen LogP contribution in [0.2, 0.25) is 0 Å². The number of carbonyl (C=O) groups is 2. The molecule has 1 aromatic heterocycles. The summed E-state index contributed by atoms with van der Waals surface area (Å²) in [6.07, 6.45) is 15.5. The normalized spacial score (nSPS) is 27.5. The van der Waals surface area contributed by atoms with E-state index in [0.717, 1.165) is 37.1 Å². The number of hydrogen-bond donors (Lipinski definition) is 1. The molecule has 5 rings (SSSR count). The number of allylic oxidation sites excluding steroid dienone is 2. The van der Waals surface area contributed by atoms with Crippen molar-refractivity contribution in [1.29, 1.82) is 0 Å². The fourth-order valence-corrected chi connectivity index (χ4v) is 6.04. The number of nitrogens with zero attached hydrogens (tertiary/aromatic N) is 2. The van der Waals surface area contributed by atoms with Gasteiger partial charge in [0, 0.05) is 31.8 Å². The summed E-state index contributed by atoms with van der Waals surface area (Å²) in [6, 6.07) is 2.01. The number of likely N-dealkylation sites (tertiary alicyclic amines) is 1. The number of fused-ring (bicyclic) bond motifs is 2. The quantitative estimate of drug-likeness (QED) is 0.569. The van der Waals surface area contributed by atoms with Crippen molar-refractivity contribution in [2.75, 3.05) is 18.4 Å². The Morgan fingerprint density at radius 2 is 2.23 bits per heavy atom. The average Bonchev–Trinajstić information content (AvgIpc) is 3.26. The minimum atomic E-state index is 0.00976. The molecular formula is C25H27N3O2S. The van der Waals surface area contributed by atoms with E-state index in [1.807, 2.05) is 28.8 Å². The highest BCUT2D eigenvalue weighted by Crippen LogP contribution is 2.43. The van der Waals surface area contributed by atoms with E-state index in [0.29, 0.717) is 35.7 Å². The van der Waals surface area contributed by atoms with Crippen LogP contribution in [0.3, 0.4) is 0 Å². The molecule has 2 amide bonds. The fourth-order valence-electron chi connectivity index (χ4n) is 5.00. The Bertz CT molecular complexity index is 1040. The summed E-state index contributed by atoms with van der Waals surface area (Å²) < 4.78 is 0. The van der Waals surface area contributed by atoms with Crippen LogP contribution in [0, 0.1) is 11.8 Å². The molecule has 6 heteroatoms. The summed E-state index contributed by atoms with van der Waals surface area (Å²) in [6.45, 7) is 3.88. The predicted octanol–water partition coefficient (Wildman–Crippen LogP) is 4.35. The molecule has 1 fully saturated rings. The number of thioether (sulfide) groups is 1. The first kappa shape index (κ1) is 20.3. The Balaban J connectivity index is 1.21. The van der Waals surface area contributed by atoms with Crippen molar-refractivity contribution in [2.45, 2.75) is 37.9 Å². The summed E-state index contributed by atoms with van der Waals surface area (Å²) in [4.78, 5) is 30.6. The smallest absolute Gasteiger partial charge is 0.246 e. The molecule has 5 nitrogen and oxygen atoms in total. The minimum absolute atomic E-state index is 0.00976. The molecule has 3 atom stereocenters. The SMILES string of the molecule is CC1=CCC=CSC1C1=CC2CN(C(=O)/C=C/c3cnc4c(c3)CCC(=O)N4)CC2C1. The first-order chi connectivity index (χ1) is 15.1. The number of aryl methyl sites for hydroxylation is 1. The van der Waals surface area contributed by atoms with Crippen molar-refractivity contribution in [2.24, 2.45) is 11.8 Å². The Labute approximate surface area is 187 Å². The lowest BCUT2D eigenvalue weighted by Gasteiger charge is -2.19. The highest BCUT2D eigenvalue weighted by atomic mass is 32.2. The van der Waals surface area contributed by atoms with E-state index in [2.05, 4.69) is 40.9 Å². The van der Waals surface area contributed by atoms with Crippen molar-refractivity contribution in [3.05, 3.63) is 64.2 Å². The van der Waals surface area contributed by atoms with Gasteiger partial charge in [0.1, 0.15) is 5.82 Å². The summed E-state index contributed by atoms with van der Waals surface area (Å²) >= 11 is 1.91. The van der Waals surface area contributed by atoms with E-state index in [9.17, 15) is 9.59 Å². The van der Waals surface area contributed by atoms with Gasteiger partial charge in [-0.2, -0.15) is 0 Å². The van der Waals surface area contributed by atoms with Gasteiger partial charge in [-0.3, -0.25) is 9.59 Å². The van der Waals surface area contributed by atoms with E-state index in [-0.39, 0.29) is 11.8 Å². The van der Waals surface area contributed by atoms with Gasteiger partial charge in [-0.1, -0.05) is 29.4 Å². The number of nitrogens with one attached hydrogen (secondary N) is 1. The Morgan fingerprint density at radius 1 is 1.32 bits per heavy atom. The van der Waals surface area contributed by atoms with Crippen LogP contribution in [0.25, 0.3) is 6.08 Å². The first-order valence-corrected chi connectivity index (χ1v) is 11.9. The largest absolute Gasteiger partial charge is 0.338 e. The van der Waals surface area contributed by atoms with E-state index in [4.69, 9.17) is 0 Å². The molecule has 1 aromatic rings. The zero-order chi connectivity index (χ0) is 21.4. The number of hydrogen-bond acceptors (Lipinski definition) is 4. The van der Waals surface area contributed by atoms with E-state index in [1.54, 1.807) is 12.3 Å². The second kappa shape index (κ2) is 8.50. The van der Waals surface area contributed by atoms with Crippen molar-refractivity contribution in [1.82, 2.24) is 9.88 Å². The summed E-state index contributed by atoms with van der Waals surface area (Å²) in [5.74, 6) is 1.74. The van der Waals surface area contributed by atoms with Gasteiger partial charge in [-0.15, -0.1) is 11.8 Å². The maximum atomic E-state index is 12.8. The molecule has 31 heavy (non-hydrogen) atoms. The maximum absolute atomic E-state index is 12.8. The molecule has 1 aliphatic carbocycles. The number of anilines is 1. The van der Waals surface area contributed by atoms with Gasteiger partial charge in [0.15, 0.2) is 0 Å². The van der Waals surface area contributed by atoms with Crippen molar-refractivity contribution >= 4 is 35.5 Å². The van der Waals surface area contributed by atoms with Crippen LogP contribution in [0.4, 0.5) is 5.82 Å². The molecule has 0 radical (unpaired) electrons. The third-order valence-corrected chi connectivity index (χ3v) is 7.95. The average molecular weight is 434 g/mol. The maximum Gasteiger partial charge on any atom is 0.246 e. The second-order valence-electron chi connectivity index (χ2n) is 8.84. The third-order valence-electron chi connectivity index (χ3n) is 6.65. The number of carbonyl (C=O) groups excluding carboxylic acids is 2. The van der Waals surface area contributed by atoms with Crippen LogP contribution in [-0.4, -0.2) is 40.0 Å². The Kier molecular flexibility index (Phi) is 5.57. The molecule has 0 spiro atoms. The van der Waals surface area contributed by atoms with Crippen LogP contribution in [0.5, 0.6) is 0 Å². The Morgan fingerprint density at radius 3 is 3.10 bits per heavy atom. The van der Waals surface area contributed by atoms with Gasteiger partial charge in [-0.25, -0.2) is 4.98 Å². The monoisotopic (exact) mass is 433 g/mol. The van der Waals surface area contributed by atoms with Gasteiger partial charge >= 0.3 is 0 Å². The van der Waals surface area contributed by atoms with Gasteiger partial charge in [-0.05, 0) is 66.7 Å². The number of pyridine rings is 1. The highest BCUT2D eigenvalue weighted by molar-refractivity contribution is 8.03. The lowest BCUT2D eigenvalue weighted by atomic mass is 9.98. The van der Waals surface area contributed by atoms with Crippen LogP contribution in [-0.2, 0) is 16.0 Å². The molecule has 3 aliphatic heterocycles. The number of rotatable bonds is 3. The molecule has 160 valence electrons. The first-order valence-electron chi connectivity index (χ1n) is 11.0. The number of amides is 2. The second-order valence-corrected chi connectivity index (χ2v) is 9.86. The lowest BCUT2D eigenvalue weighted by molar-refractivity contribution is -0.125. The molecule has 0 saturated carbocycles. The van der Waals surface area contributed by atoms with Crippen LogP contribution in [0.15, 0.2) is 53.1 Å². The van der Waals surface area contributed by atoms with Crippen molar-refractivity contribution < 1.29 is 9.59 Å². The van der Waals surface area contributed by atoms with Crippen LogP contribution < -0.4 is 5.32 Å². The van der Waals surface area contributed by atoms with E-state index < -0.39 is 0 Å². The van der Waals surface area contributed by atoms with E-state index in [1.165, 1.54) is 11.1 Å². The van der Waals surface area contributed by atoms with Gasteiger partial charge < -0.3 is 10.2 Å². The fraction of sp³-hybridized carbons (Fsp3) is 0.400. The van der Waals surface area contributed by atoms with Gasteiger partial charge in [0.05, 0.1) is 5.25 Å². The summed E-state index contributed by atoms with van der Waals surface area (Å²) in [5.41, 5.74) is 4.91. The molecule has 4 aliphatic rings.